The summed E-state index contributed by atoms with van der Waals surface area (Å²) in [7, 11) is 0. The number of aromatic nitrogens is 2. The highest BCUT2D eigenvalue weighted by atomic mass is 32.2. The van der Waals surface area contributed by atoms with Crippen LogP contribution in [0, 0.1) is 5.41 Å². The maximum absolute atomic E-state index is 4.36. The molecule has 0 amide bonds. The Labute approximate surface area is 121 Å². The van der Waals surface area contributed by atoms with Gasteiger partial charge in [0.1, 0.15) is 6.33 Å². The van der Waals surface area contributed by atoms with E-state index in [2.05, 4.69) is 36.1 Å². The van der Waals surface area contributed by atoms with Crippen molar-refractivity contribution in [2.45, 2.75) is 62.8 Å². The van der Waals surface area contributed by atoms with Crippen LogP contribution in [-0.2, 0) is 0 Å². The van der Waals surface area contributed by atoms with Crippen LogP contribution in [0.3, 0.4) is 0 Å². The number of nitrogens with one attached hydrogen (secondary N) is 1. The molecule has 2 rings (SSSR count). The highest BCUT2D eigenvalue weighted by molar-refractivity contribution is 7.99. The fourth-order valence-electron chi connectivity index (χ4n) is 2.71. The SMILES string of the molecule is CCCNC1CCC(C)(C)CC1Sc1ccncn1. The van der Waals surface area contributed by atoms with Crippen LogP contribution in [0.5, 0.6) is 0 Å². The van der Waals surface area contributed by atoms with Gasteiger partial charge in [-0.25, -0.2) is 9.97 Å². The summed E-state index contributed by atoms with van der Waals surface area (Å²) in [6.07, 6.45) is 8.52. The molecule has 1 aliphatic rings. The summed E-state index contributed by atoms with van der Waals surface area (Å²) >= 11 is 1.91. The van der Waals surface area contributed by atoms with Gasteiger partial charge in [0.05, 0.1) is 5.03 Å². The Morgan fingerprint density at radius 3 is 3.00 bits per heavy atom. The number of nitrogens with zero attached hydrogens (tertiary/aromatic N) is 2. The molecule has 3 nitrogen and oxygen atoms in total. The summed E-state index contributed by atoms with van der Waals surface area (Å²) < 4.78 is 0. The van der Waals surface area contributed by atoms with Gasteiger partial charge in [-0.15, -0.1) is 11.8 Å². The van der Waals surface area contributed by atoms with E-state index >= 15 is 0 Å². The molecule has 0 aromatic carbocycles. The first-order valence-electron chi connectivity index (χ1n) is 7.27. The van der Waals surface area contributed by atoms with Crippen LogP contribution in [0.1, 0.15) is 46.5 Å². The molecule has 2 atom stereocenters. The maximum Gasteiger partial charge on any atom is 0.116 e. The van der Waals surface area contributed by atoms with Crippen molar-refractivity contribution < 1.29 is 0 Å². The minimum atomic E-state index is 0.453. The zero-order valence-electron chi connectivity index (χ0n) is 12.2. The molecule has 1 aromatic heterocycles. The fourth-order valence-corrected chi connectivity index (χ4v) is 4.20. The van der Waals surface area contributed by atoms with Crippen molar-refractivity contribution in [1.29, 1.82) is 0 Å². The summed E-state index contributed by atoms with van der Waals surface area (Å²) in [6, 6.07) is 2.64. The van der Waals surface area contributed by atoms with E-state index in [0.717, 1.165) is 11.6 Å². The van der Waals surface area contributed by atoms with Crippen LogP contribution in [0.4, 0.5) is 0 Å². The molecule has 106 valence electrons. The van der Waals surface area contributed by atoms with Crippen LogP contribution in [0.2, 0.25) is 0 Å². The largest absolute Gasteiger partial charge is 0.313 e. The van der Waals surface area contributed by atoms with Crippen molar-refractivity contribution in [3.8, 4) is 0 Å². The Bertz CT molecular complexity index is 380. The lowest BCUT2D eigenvalue weighted by Gasteiger charge is -2.40. The molecule has 2 unspecified atom stereocenters. The van der Waals surface area contributed by atoms with Crippen LogP contribution >= 0.6 is 11.8 Å². The second kappa shape index (κ2) is 6.71. The lowest BCUT2D eigenvalue weighted by molar-refractivity contribution is 0.214. The third-order valence-electron chi connectivity index (χ3n) is 3.82. The van der Waals surface area contributed by atoms with Gasteiger partial charge in [0.15, 0.2) is 0 Å². The molecule has 1 aromatic rings. The van der Waals surface area contributed by atoms with Gasteiger partial charge in [-0.3, -0.25) is 0 Å². The third kappa shape index (κ3) is 4.46. The van der Waals surface area contributed by atoms with E-state index in [1.165, 1.54) is 25.7 Å². The average molecular weight is 279 g/mol. The summed E-state index contributed by atoms with van der Waals surface area (Å²) in [5, 5.41) is 5.43. The monoisotopic (exact) mass is 279 g/mol. The third-order valence-corrected chi connectivity index (χ3v) is 5.10. The van der Waals surface area contributed by atoms with E-state index in [4.69, 9.17) is 0 Å². The molecule has 4 heteroatoms. The van der Waals surface area contributed by atoms with Gasteiger partial charge in [-0.1, -0.05) is 20.8 Å². The first-order chi connectivity index (χ1) is 9.11. The molecule has 19 heavy (non-hydrogen) atoms. The topological polar surface area (TPSA) is 37.8 Å². The quantitative estimate of drug-likeness (QED) is 0.837. The van der Waals surface area contributed by atoms with Crippen LogP contribution < -0.4 is 5.32 Å². The van der Waals surface area contributed by atoms with Gasteiger partial charge >= 0.3 is 0 Å². The number of thioether (sulfide) groups is 1. The van der Waals surface area contributed by atoms with Gasteiger partial charge in [0.25, 0.3) is 0 Å². The minimum absolute atomic E-state index is 0.453. The first kappa shape index (κ1) is 14.8. The van der Waals surface area contributed by atoms with Crippen molar-refractivity contribution >= 4 is 11.8 Å². The number of hydrogen-bond donors (Lipinski definition) is 1. The van der Waals surface area contributed by atoms with Gasteiger partial charge in [-0.05, 0) is 43.7 Å². The second-order valence-electron chi connectivity index (χ2n) is 6.17. The molecule has 0 aliphatic heterocycles. The highest BCUT2D eigenvalue weighted by Crippen LogP contribution is 2.42. The Morgan fingerprint density at radius 1 is 1.47 bits per heavy atom. The van der Waals surface area contributed by atoms with Crippen molar-refractivity contribution in [2.75, 3.05) is 6.54 Å². The van der Waals surface area contributed by atoms with E-state index in [1.54, 1.807) is 6.33 Å². The van der Waals surface area contributed by atoms with Crippen LogP contribution in [0.15, 0.2) is 23.6 Å². The zero-order chi connectivity index (χ0) is 13.7. The van der Waals surface area contributed by atoms with Crippen molar-refractivity contribution in [3.63, 3.8) is 0 Å². The standard InChI is InChI=1S/C15H25N3S/c1-4-8-17-12-5-7-15(2,3)10-13(12)19-14-6-9-16-11-18-14/h6,9,11-13,17H,4-5,7-8,10H2,1-3H3. The molecule has 1 saturated carbocycles. The van der Waals surface area contributed by atoms with Crippen molar-refractivity contribution in [3.05, 3.63) is 18.6 Å². The molecule has 0 spiro atoms. The van der Waals surface area contributed by atoms with E-state index < -0.39 is 0 Å². The summed E-state index contributed by atoms with van der Waals surface area (Å²) in [5.41, 5.74) is 0.453. The van der Waals surface area contributed by atoms with Crippen LogP contribution in [-0.4, -0.2) is 27.8 Å². The molecule has 0 radical (unpaired) electrons. The summed E-state index contributed by atoms with van der Waals surface area (Å²) in [5.74, 6) is 0. The first-order valence-corrected chi connectivity index (χ1v) is 8.15. The van der Waals surface area contributed by atoms with E-state index in [0.29, 0.717) is 16.7 Å². The Balaban J connectivity index is 2.02. The van der Waals surface area contributed by atoms with Gasteiger partial charge < -0.3 is 5.32 Å². The predicted octanol–water partition coefficient (Wildman–Crippen LogP) is 3.52. The maximum atomic E-state index is 4.36. The fraction of sp³-hybridized carbons (Fsp3) is 0.733. The predicted molar refractivity (Wildman–Crippen MR) is 81.4 cm³/mol. The highest BCUT2D eigenvalue weighted by Gasteiger charge is 2.35. The Morgan fingerprint density at radius 2 is 2.32 bits per heavy atom. The Hall–Kier alpha value is -0.610. The number of hydrogen-bond acceptors (Lipinski definition) is 4. The average Bonchev–Trinajstić information content (AvgIpc) is 2.38. The number of rotatable bonds is 5. The van der Waals surface area contributed by atoms with Gasteiger partial charge in [-0.2, -0.15) is 0 Å². The molecule has 1 N–H and O–H groups in total. The second-order valence-corrected chi connectivity index (χ2v) is 7.43. The molecular weight excluding hydrogens is 254 g/mol. The lowest BCUT2D eigenvalue weighted by Crippen LogP contribution is -2.45. The van der Waals surface area contributed by atoms with Crippen LogP contribution in [0.25, 0.3) is 0 Å². The van der Waals surface area contributed by atoms with E-state index in [1.807, 2.05) is 24.0 Å². The molecule has 0 bridgehead atoms. The van der Waals surface area contributed by atoms with Gasteiger partial charge in [0, 0.05) is 17.5 Å². The van der Waals surface area contributed by atoms with E-state index in [-0.39, 0.29) is 0 Å². The zero-order valence-corrected chi connectivity index (χ0v) is 13.0. The van der Waals surface area contributed by atoms with E-state index in [9.17, 15) is 0 Å². The normalized spacial score (nSPS) is 26.3. The molecule has 1 fully saturated rings. The minimum Gasteiger partial charge on any atom is -0.313 e. The molecule has 1 heterocycles. The molecular formula is C15H25N3S. The summed E-state index contributed by atoms with van der Waals surface area (Å²) in [6.45, 7) is 8.12. The van der Waals surface area contributed by atoms with Gasteiger partial charge in [0.2, 0.25) is 0 Å². The smallest absolute Gasteiger partial charge is 0.116 e. The van der Waals surface area contributed by atoms with Crippen molar-refractivity contribution in [1.82, 2.24) is 15.3 Å². The Kier molecular flexibility index (Phi) is 5.22. The lowest BCUT2D eigenvalue weighted by atomic mass is 9.75. The molecule has 0 saturated heterocycles. The van der Waals surface area contributed by atoms with Crippen molar-refractivity contribution in [2.24, 2.45) is 5.41 Å². The molecule has 1 aliphatic carbocycles. The summed E-state index contributed by atoms with van der Waals surface area (Å²) in [4.78, 5) is 8.36.